The second-order valence-electron chi connectivity index (χ2n) is 17.9. The number of rotatable bonds is 16. The third kappa shape index (κ3) is 9.05. The summed E-state index contributed by atoms with van der Waals surface area (Å²) in [5.74, 6) is -0.103. The molecule has 0 amide bonds. The largest absolute Gasteiger partial charge is 0.507 e. The number of phenols is 2. The summed E-state index contributed by atoms with van der Waals surface area (Å²) in [4.78, 5) is 4.62. The van der Waals surface area contributed by atoms with Crippen molar-refractivity contribution in [1.82, 2.24) is 0 Å². The van der Waals surface area contributed by atoms with E-state index in [0.29, 0.717) is 35.1 Å². The SMILES string of the molecule is CC1(C)c2cc(N(c3ccccc3)c3cccc(CCc4cc(CO)c(O)c(CO)c4)c3)ccc2-c2ccc(N(c3ccccc3)c3cccc(CCc4cc(CO)c(O)c(CO)c4)c3)cc21. The van der Waals surface area contributed by atoms with Gasteiger partial charge in [-0.3, -0.25) is 0 Å². The molecule has 1 aliphatic rings. The highest BCUT2D eigenvalue weighted by Gasteiger charge is 2.37. The van der Waals surface area contributed by atoms with E-state index in [1.54, 1.807) is 0 Å². The van der Waals surface area contributed by atoms with E-state index in [1.807, 2.05) is 36.4 Å². The van der Waals surface area contributed by atoms with Crippen LogP contribution in [0.3, 0.4) is 0 Å². The van der Waals surface area contributed by atoms with E-state index in [4.69, 9.17) is 0 Å². The molecule has 8 aromatic carbocycles. The number of para-hydroxylation sites is 2. The molecular weight excluding hydrogens is 833 g/mol. The Morgan fingerprint density at radius 3 is 1.03 bits per heavy atom. The summed E-state index contributed by atoms with van der Waals surface area (Å²) < 4.78 is 0. The number of aliphatic hydroxyl groups excluding tert-OH is 4. The first kappa shape index (κ1) is 45.0. The van der Waals surface area contributed by atoms with Crippen LogP contribution in [0.25, 0.3) is 11.1 Å². The molecule has 338 valence electrons. The zero-order valence-electron chi connectivity index (χ0n) is 37.9. The van der Waals surface area contributed by atoms with Gasteiger partial charge in [0.25, 0.3) is 0 Å². The minimum Gasteiger partial charge on any atom is -0.507 e. The molecule has 0 spiro atoms. The van der Waals surface area contributed by atoms with E-state index in [-0.39, 0.29) is 43.3 Å². The molecule has 0 aromatic heterocycles. The van der Waals surface area contributed by atoms with Gasteiger partial charge in [0, 0.05) is 61.8 Å². The van der Waals surface area contributed by atoms with Crippen LogP contribution in [-0.4, -0.2) is 30.6 Å². The van der Waals surface area contributed by atoms with E-state index in [1.165, 1.54) is 22.3 Å². The lowest BCUT2D eigenvalue weighted by molar-refractivity contribution is 0.263. The fourth-order valence-electron chi connectivity index (χ4n) is 9.75. The van der Waals surface area contributed by atoms with Crippen molar-refractivity contribution in [3.8, 4) is 22.6 Å². The Morgan fingerprint density at radius 1 is 0.343 bits per heavy atom. The molecule has 8 aromatic rings. The number of fused-ring (bicyclic) bond motifs is 3. The van der Waals surface area contributed by atoms with Gasteiger partial charge in [-0.2, -0.15) is 0 Å². The fourth-order valence-corrected chi connectivity index (χ4v) is 9.75. The normalized spacial score (nSPS) is 12.4. The Morgan fingerprint density at radius 2 is 0.672 bits per heavy atom. The first-order valence-electron chi connectivity index (χ1n) is 22.9. The van der Waals surface area contributed by atoms with Crippen molar-refractivity contribution >= 4 is 34.1 Å². The monoisotopic (exact) mass is 888 g/mol. The lowest BCUT2D eigenvalue weighted by Gasteiger charge is -2.29. The molecular formula is C59H56N2O6. The lowest BCUT2D eigenvalue weighted by Crippen LogP contribution is -2.17. The van der Waals surface area contributed by atoms with Crippen LogP contribution in [0.15, 0.2) is 170 Å². The van der Waals surface area contributed by atoms with Gasteiger partial charge in [0.15, 0.2) is 0 Å². The smallest absolute Gasteiger partial charge is 0.126 e. The second-order valence-corrected chi connectivity index (χ2v) is 17.9. The summed E-state index contributed by atoms with van der Waals surface area (Å²) >= 11 is 0. The first-order valence-corrected chi connectivity index (χ1v) is 22.9. The Balaban J connectivity index is 1.03. The van der Waals surface area contributed by atoms with E-state index in [9.17, 15) is 30.6 Å². The standard InChI is InChI=1S/C59H56N2O6/c1-59(2)55-33-51(60(47-13-5-3-6-14-47)49-17-9-11-39(31-49)19-21-41-27-43(35-62)57(66)44(28-41)36-63)23-25-53(55)54-26-24-52(34-56(54)59)61(48-15-7-4-8-16-48)50-18-10-12-40(32-50)20-22-42-29-45(37-64)58(67)46(30-42)38-65/h3-18,23-34,62-67H,19-22,35-38H2,1-2H3. The Hall–Kier alpha value is -7.20. The maximum atomic E-state index is 10.4. The molecule has 67 heavy (non-hydrogen) atoms. The lowest BCUT2D eigenvalue weighted by atomic mass is 9.82. The fraction of sp³-hybridized carbons (Fsp3) is 0.186. The maximum absolute atomic E-state index is 10.4. The average Bonchev–Trinajstić information content (AvgIpc) is 3.58. The Kier molecular flexibility index (Phi) is 13.0. The molecule has 1 aliphatic carbocycles. The predicted molar refractivity (Wildman–Crippen MR) is 268 cm³/mol. The first-order chi connectivity index (χ1) is 32.6. The molecule has 0 aliphatic heterocycles. The van der Waals surface area contributed by atoms with Gasteiger partial charge in [-0.05, 0) is 167 Å². The zero-order valence-corrected chi connectivity index (χ0v) is 37.9. The van der Waals surface area contributed by atoms with Gasteiger partial charge in [0.05, 0.1) is 26.4 Å². The van der Waals surface area contributed by atoms with Gasteiger partial charge in [-0.1, -0.05) is 86.6 Å². The molecule has 9 rings (SSSR count). The topological polar surface area (TPSA) is 128 Å². The molecule has 8 heteroatoms. The van der Waals surface area contributed by atoms with Gasteiger partial charge in [-0.25, -0.2) is 0 Å². The van der Waals surface area contributed by atoms with Crippen LogP contribution in [0.2, 0.25) is 0 Å². The van der Waals surface area contributed by atoms with Crippen LogP contribution in [0.1, 0.15) is 69.5 Å². The highest BCUT2D eigenvalue weighted by atomic mass is 16.3. The van der Waals surface area contributed by atoms with Gasteiger partial charge in [0.1, 0.15) is 11.5 Å². The van der Waals surface area contributed by atoms with Gasteiger partial charge in [-0.15, -0.1) is 0 Å². The number of benzene rings is 8. The van der Waals surface area contributed by atoms with Crippen LogP contribution >= 0.6 is 0 Å². The van der Waals surface area contributed by atoms with E-state index >= 15 is 0 Å². The predicted octanol–water partition coefficient (Wildman–Crippen LogP) is 11.9. The van der Waals surface area contributed by atoms with E-state index < -0.39 is 0 Å². The van der Waals surface area contributed by atoms with Gasteiger partial charge in [0.2, 0.25) is 0 Å². The van der Waals surface area contributed by atoms with Crippen molar-refractivity contribution in [1.29, 1.82) is 0 Å². The van der Waals surface area contributed by atoms with Gasteiger partial charge < -0.3 is 40.4 Å². The van der Waals surface area contributed by atoms with E-state index in [2.05, 4.69) is 157 Å². The molecule has 0 unspecified atom stereocenters. The van der Waals surface area contributed by atoms with Crippen molar-refractivity contribution in [2.45, 2.75) is 71.4 Å². The molecule has 0 bridgehead atoms. The van der Waals surface area contributed by atoms with Crippen molar-refractivity contribution in [3.05, 3.63) is 225 Å². The van der Waals surface area contributed by atoms with Crippen LogP contribution in [0.5, 0.6) is 11.5 Å². The van der Waals surface area contributed by atoms with Crippen LogP contribution in [0, 0.1) is 0 Å². The Labute approximate surface area is 392 Å². The molecule has 0 saturated carbocycles. The van der Waals surface area contributed by atoms with E-state index in [0.717, 1.165) is 69.2 Å². The van der Waals surface area contributed by atoms with Crippen molar-refractivity contribution < 1.29 is 30.6 Å². The van der Waals surface area contributed by atoms with Gasteiger partial charge >= 0.3 is 0 Å². The molecule has 0 heterocycles. The molecule has 0 radical (unpaired) electrons. The Bertz CT molecular complexity index is 2790. The van der Waals surface area contributed by atoms with Crippen molar-refractivity contribution in [3.63, 3.8) is 0 Å². The number of aliphatic hydroxyl groups is 4. The number of anilines is 6. The summed E-state index contributed by atoms with van der Waals surface area (Å²) in [5.41, 5.74) is 16.7. The number of aromatic hydroxyl groups is 2. The minimum atomic E-state index is -0.332. The van der Waals surface area contributed by atoms with Crippen LogP contribution < -0.4 is 9.80 Å². The third-order valence-corrected chi connectivity index (χ3v) is 13.3. The number of hydrogen-bond donors (Lipinski definition) is 6. The highest BCUT2D eigenvalue weighted by Crippen LogP contribution is 2.52. The summed E-state index contributed by atoms with van der Waals surface area (Å²) in [6.45, 7) is 3.43. The molecule has 0 fully saturated rings. The summed E-state index contributed by atoms with van der Waals surface area (Å²) in [6.07, 6.45) is 2.81. The summed E-state index contributed by atoms with van der Waals surface area (Å²) in [6, 6.07) is 58.9. The van der Waals surface area contributed by atoms with Crippen LogP contribution in [-0.2, 0) is 57.5 Å². The maximum Gasteiger partial charge on any atom is 0.126 e. The molecule has 6 N–H and O–H groups in total. The van der Waals surface area contributed by atoms with Crippen molar-refractivity contribution in [2.24, 2.45) is 0 Å². The third-order valence-electron chi connectivity index (χ3n) is 13.3. The molecule has 8 nitrogen and oxygen atoms in total. The molecule has 0 saturated heterocycles. The number of aryl methyl sites for hydroxylation is 4. The van der Waals surface area contributed by atoms with Crippen LogP contribution in [0.4, 0.5) is 34.1 Å². The second kappa shape index (κ2) is 19.3. The summed E-state index contributed by atoms with van der Waals surface area (Å²) in [5, 5.41) is 60.2. The molecule has 0 atom stereocenters. The quantitative estimate of drug-likeness (QED) is 0.0566. The van der Waals surface area contributed by atoms with Crippen molar-refractivity contribution in [2.75, 3.05) is 9.80 Å². The zero-order chi connectivity index (χ0) is 46.7. The highest BCUT2D eigenvalue weighted by molar-refractivity contribution is 5.88. The minimum absolute atomic E-state index is 0.0513. The number of nitrogens with zero attached hydrogens (tertiary/aromatic N) is 2. The average molecular weight is 889 g/mol. The summed E-state index contributed by atoms with van der Waals surface area (Å²) in [7, 11) is 0. The number of hydrogen-bond acceptors (Lipinski definition) is 8.